The van der Waals surface area contributed by atoms with E-state index in [0.29, 0.717) is 12.0 Å². The van der Waals surface area contributed by atoms with Crippen LogP contribution in [0, 0.1) is 5.92 Å². The van der Waals surface area contributed by atoms with E-state index in [1.165, 1.54) is 5.56 Å². The number of ether oxygens (including phenoxy) is 1. The van der Waals surface area contributed by atoms with Crippen LogP contribution in [-0.4, -0.2) is 36.1 Å². The van der Waals surface area contributed by atoms with E-state index in [9.17, 15) is 0 Å². The molecule has 0 fully saturated rings. The lowest BCUT2D eigenvalue weighted by Crippen LogP contribution is -2.43. The molecule has 0 aliphatic rings. The molecular formula is C13H25N3O. The largest absolute Gasteiger partial charge is 0.380 e. The van der Waals surface area contributed by atoms with Crippen LogP contribution in [0.1, 0.15) is 26.3 Å². The first kappa shape index (κ1) is 14.2. The van der Waals surface area contributed by atoms with Crippen LogP contribution in [0.15, 0.2) is 12.4 Å². The molecule has 0 aliphatic carbocycles. The summed E-state index contributed by atoms with van der Waals surface area (Å²) in [4.78, 5) is 0. The molecule has 0 aliphatic heterocycles. The van der Waals surface area contributed by atoms with Crippen LogP contribution in [0.3, 0.4) is 0 Å². The summed E-state index contributed by atoms with van der Waals surface area (Å²) in [7, 11) is 3.77. The van der Waals surface area contributed by atoms with Crippen molar-refractivity contribution in [1.82, 2.24) is 15.1 Å². The fourth-order valence-electron chi connectivity index (χ4n) is 2.22. The van der Waals surface area contributed by atoms with Crippen molar-refractivity contribution in [2.45, 2.75) is 45.9 Å². The number of nitrogens with zero attached hydrogens (tertiary/aromatic N) is 2. The molecule has 4 nitrogen and oxygen atoms in total. The summed E-state index contributed by atoms with van der Waals surface area (Å²) in [6, 6.07) is 0.328. The molecule has 1 heterocycles. The SMILES string of the molecule is CCn1cc(CC(NC)C(OC)C(C)C)cn1. The average molecular weight is 239 g/mol. The molecule has 0 saturated heterocycles. The lowest BCUT2D eigenvalue weighted by Gasteiger charge is -2.28. The smallest absolute Gasteiger partial charge is 0.0750 e. The zero-order valence-electron chi connectivity index (χ0n) is 11.6. The average Bonchev–Trinajstić information content (AvgIpc) is 2.76. The molecule has 0 spiro atoms. The molecular weight excluding hydrogens is 214 g/mol. The number of nitrogens with one attached hydrogen (secondary N) is 1. The molecule has 0 aromatic carbocycles. The summed E-state index contributed by atoms with van der Waals surface area (Å²) in [5, 5.41) is 7.65. The molecule has 2 atom stereocenters. The molecule has 2 unspecified atom stereocenters. The first-order valence-corrected chi connectivity index (χ1v) is 6.33. The Morgan fingerprint density at radius 2 is 2.18 bits per heavy atom. The predicted molar refractivity (Wildman–Crippen MR) is 70.1 cm³/mol. The Morgan fingerprint density at radius 1 is 1.47 bits per heavy atom. The third-order valence-electron chi connectivity index (χ3n) is 3.16. The Bertz CT molecular complexity index is 322. The highest BCUT2D eigenvalue weighted by Crippen LogP contribution is 2.14. The number of rotatable bonds is 7. The van der Waals surface area contributed by atoms with Crippen molar-refractivity contribution in [2.24, 2.45) is 5.92 Å². The van der Waals surface area contributed by atoms with Crippen LogP contribution in [0.25, 0.3) is 0 Å². The van der Waals surface area contributed by atoms with Gasteiger partial charge in [0.25, 0.3) is 0 Å². The van der Waals surface area contributed by atoms with Crippen LogP contribution in [0.5, 0.6) is 0 Å². The second-order valence-corrected chi connectivity index (χ2v) is 4.75. The Balaban J connectivity index is 2.68. The van der Waals surface area contributed by atoms with Gasteiger partial charge in [-0.3, -0.25) is 4.68 Å². The standard InChI is InChI=1S/C13H25N3O/c1-6-16-9-11(8-15-16)7-12(14-4)13(17-5)10(2)3/h8-10,12-14H,6-7H2,1-5H3. The molecule has 0 bridgehead atoms. The van der Waals surface area contributed by atoms with Gasteiger partial charge in [-0.05, 0) is 31.9 Å². The Kier molecular flexibility index (Phi) is 5.65. The quantitative estimate of drug-likeness (QED) is 0.787. The van der Waals surface area contributed by atoms with Gasteiger partial charge in [-0.2, -0.15) is 5.10 Å². The summed E-state index contributed by atoms with van der Waals surface area (Å²) in [6.45, 7) is 7.39. The van der Waals surface area contributed by atoms with Crippen molar-refractivity contribution in [1.29, 1.82) is 0 Å². The van der Waals surface area contributed by atoms with Crippen molar-refractivity contribution in [3.8, 4) is 0 Å². The monoisotopic (exact) mass is 239 g/mol. The van der Waals surface area contributed by atoms with Crippen molar-refractivity contribution >= 4 is 0 Å². The number of likely N-dealkylation sites (N-methyl/N-ethyl adjacent to an activating group) is 1. The summed E-state index contributed by atoms with van der Waals surface area (Å²) in [6.07, 6.45) is 5.23. The van der Waals surface area contributed by atoms with E-state index < -0.39 is 0 Å². The molecule has 0 amide bonds. The Labute approximate surface area is 104 Å². The molecule has 1 N–H and O–H groups in total. The molecule has 0 saturated carbocycles. The number of methoxy groups -OCH3 is 1. The van der Waals surface area contributed by atoms with Gasteiger partial charge in [-0.15, -0.1) is 0 Å². The van der Waals surface area contributed by atoms with Gasteiger partial charge < -0.3 is 10.1 Å². The maximum atomic E-state index is 5.58. The van der Waals surface area contributed by atoms with E-state index in [4.69, 9.17) is 4.74 Å². The Hall–Kier alpha value is -0.870. The molecule has 1 aromatic rings. The van der Waals surface area contributed by atoms with Gasteiger partial charge >= 0.3 is 0 Å². The van der Waals surface area contributed by atoms with E-state index in [2.05, 4.69) is 37.4 Å². The minimum absolute atomic E-state index is 0.227. The van der Waals surface area contributed by atoms with Gasteiger partial charge in [0, 0.05) is 25.9 Å². The fourth-order valence-corrected chi connectivity index (χ4v) is 2.22. The van der Waals surface area contributed by atoms with Gasteiger partial charge in [-0.1, -0.05) is 13.8 Å². The van der Waals surface area contributed by atoms with Crippen molar-refractivity contribution in [2.75, 3.05) is 14.2 Å². The lowest BCUT2D eigenvalue weighted by atomic mass is 9.95. The van der Waals surface area contributed by atoms with E-state index in [-0.39, 0.29) is 6.10 Å². The van der Waals surface area contributed by atoms with Crippen LogP contribution >= 0.6 is 0 Å². The highest BCUT2D eigenvalue weighted by molar-refractivity contribution is 5.07. The van der Waals surface area contributed by atoms with Crippen molar-refractivity contribution < 1.29 is 4.74 Å². The first-order chi connectivity index (χ1) is 8.12. The van der Waals surface area contributed by atoms with Gasteiger partial charge in [-0.25, -0.2) is 0 Å². The van der Waals surface area contributed by atoms with Gasteiger partial charge in [0.1, 0.15) is 0 Å². The number of hydrogen-bond donors (Lipinski definition) is 1. The minimum Gasteiger partial charge on any atom is -0.380 e. The van der Waals surface area contributed by atoms with E-state index in [0.717, 1.165) is 13.0 Å². The molecule has 17 heavy (non-hydrogen) atoms. The molecule has 1 rings (SSSR count). The van der Waals surface area contributed by atoms with Gasteiger partial charge in [0.15, 0.2) is 0 Å². The zero-order valence-corrected chi connectivity index (χ0v) is 11.6. The molecule has 4 heteroatoms. The highest BCUT2D eigenvalue weighted by atomic mass is 16.5. The second-order valence-electron chi connectivity index (χ2n) is 4.75. The van der Waals surface area contributed by atoms with Crippen LogP contribution in [-0.2, 0) is 17.7 Å². The fraction of sp³-hybridized carbons (Fsp3) is 0.769. The second kappa shape index (κ2) is 6.77. The highest BCUT2D eigenvalue weighted by Gasteiger charge is 2.23. The van der Waals surface area contributed by atoms with Gasteiger partial charge in [0.2, 0.25) is 0 Å². The van der Waals surface area contributed by atoms with Crippen LogP contribution in [0.4, 0.5) is 0 Å². The van der Waals surface area contributed by atoms with Crippen LogP contribution in [0.2, 0.25) is 0 Å². The third-order valence-corrected chi connectivity index (χ3v) is 3.16. The van der Waals surface area contributed by atoms with E-state index >= 15 is 0 Å². The zero-order chi connectivity index (χ0) is 12.8. The first-order valence-electron chi connectivity index (χ1n) is 6.33. The number of aromatic nitrogens is 2. The van der Waals surface area contributed by atoms with E-state index in [1.807, 2.05) is 17.9 Å². The molecule has 0 radical (unpaired) electrons. The number of aryl methyl sites for hydroxylation is 1. The maximum Gasteiger partial charge on any atom is 0.0750 e. The third kappa shape index (κ3) is 3.82. The predicted octanol–water partition coefficient (Wildman–Crippen LogP) is 1.70. The lowest BCUT2D eigenvalue weighted by molar-refractivity contribution is 0.0354. The molecule has 98 valence electrons. The van der Waals surface area contributed by atoms with E-state index in [1.54, 1.807) is 7.11 Å². The molecule has 1 aromatic heterocycles. The summed E-state index contributed by atoms with van der Waals surface area (Å²) in [5.41, 5.74) is 1.26. The van der Waals surface area contributed by atoms with Gasteiger partial charge in [0.05, 0.1) is 12.3 Å². The summed E-state index contributed by atoms with van der Waals surface area (Å²) in [5.74, 6) is 0.499. The van der Waals surface area contributed by atoms with Crippen LogP contribution < -0.4 is 5.32 Å². The maximum absolute atomic E-state index is 5.58. The van der Waals surface area contributed by atoms with Crippen molar-refractivity contribution in [3.05, 3.63) is 18.0 Å². The normalized spacial score (nSPS) is 15.2. The number of hydrogen-bond acceptors (Lipinski definition) is 3. The Morgan fingerprint density at radius 3 is 2.59 bits per heavy atom. The van der Waals surface area contributed by atoms with Crippen molar-refractivity contribution in [3.63, 3.8) is 0 Å². The minimum atomic E-state index is 0.227. The summed E-state index contributed by atoms with van der Waals surface area (Å²) >= 11 is 0. The summed E-state index contributed by atoms with van der Waals surface area (Å²) < 4.78 is 7.54. The topological polar surface area (TPSA) is 39.1 Å².